The lowest BCUT2D eigenvalue weighted by Crippen LogP contribution is -2.37. The van der Waals surface area contributed by atoms with Crippen molar-refractivity contribution in [1.82, 2.24) is 4.31 Å². The standard InChI is InChI=1S/C23H20Cl3N3O4S/c1-15(30)27-19-3-2-4-20(12-19)28-23(31)14-29(13-16-5-6-18(25)11-22(16)26)34(32,33)21-9-7-17(24)8-10-21/h2-12H,13-14H2,1H3,(H,27,30)(H,28,31). The van der Waals surface area contributed by atoms with Crippen molar-refractivity contribution in [2.45, 2.75) is 18.4 Å². The number of sulfonamides is 1. The largest absolute Gasteiger partial charge is 0.326 e. The predicted octanol–water partition coefficient (Wildman–Crippen LogP) is 5.43. The van der Waals surface area contributed by atoms with E-state index >= 15 is 0 Å². The molecule has 0 saturated carbocycles. The molecule has 178 valence electrons. The van der Waals surface area contributed by atoms with Gasteiger partial charge in [0.05, 0.1) is 11.4 Å². The van der Waals surface area contributed by atoms with Gasteiger partial charge in [0.15, 0.2) is 0 Å². The fourth-order valence-corrected chi connectivity index (χ4v) is 5.03. The molecule has 0 saturated heterocycles. The normalized spacial score (nSPS) is 11.3. The molecule has 0 aliphatic heterocycles. The maximum absolute atomic E-state index is 13.4. The minimum absolute atomic E-state index is 0.0255. The van der Waals surface area contributed by atoms with E-state index in [4.69, 9.17) is 34.8 Å². The first-order valence-electron chi connectivity index (χ1n) is 9.92. The Morgan fingerprint density at radius 2 is 1.47 bits per heavy atom. The molecule has 0 fully saturated rings. The van der Waals surface area contributed by atoms with Gasteiger partial charge in [-0.25, -0.2) is 8.42 Å². The Bertz CT molecular complexity index is 1320. The third-order valence-corrected chi connectivity index (χ3v) is 7.24. The van der Waals surface area contributed by atoms with Gasteiger partial charge in [-0.1, -0.05) is 46.9 Å². The van der Waals surface area contributed by atoms with E-state index in [0.29, 0.717) is 27.0 Å². The van der Waals surface area contributed by atoms with Crippen LogP contribution in [-0.4, -0.2) is 31.1 Å². The van der Waals surface area contributed by atoms with E-state index < -0.39 is 22.5 Å². The summed E-state index contributed by atoms with van der Waals surface area (Å²) < 4.78 is 27.8. The van der Waals surface area contributed by atoms with Crippen LogP contribution < -0.4 is 10.6 Å². The number of hydrogen-bond donors (Lipinski definition) is 2. The summed E-state index contributed by atoms with van der Waals surface area (Å²) in [4.78, 5) is 24.1. The number of amides is 2. The number of anilines is 2. The molecular formula is C23H20Cl3N3O4S. The number of rotatable bonds is 8. The highest BCUT2D eigenvalue weighted by Gasteiger charge is 2.27. The third-order valence-electron chi connectivity index (χ3n) is 4.60. The third kappa shape index (κ3) is 6.94. The molecule has 0 aromatic heterocycles. The van der Waals surface area contributed by atoms with E-state index in [2.05, 4.69) is 10.6 Å². The number of benzene rings is 3. The second-order valence-electron chi connectivity index (χ2n) is 7.27. The molecule has 0 aliphatic rings. The van der Waals surface area contributed by atoms with Gasteiger partial charge in [-0.05, 0) is 60.2 Å². The van der Waals surface area contributed by atoms with Crippen molar-refractivity contribution in [2.24, 2.45) is 0 Å². The maximum atomic E-state index is 13.4. The summed E-state index contributed by atoms with van der Waals surface area (Å²) in [7, 11) is -4.09. The molecule has 2 amide bonds. The summed E-state index contributed by atoms with van der Waals surface area (Å²) in [5, 5.41) is 6.33. The zero-order chi connectivity index (χ0) is 24.9. The topological polar surface area (TPSA) is 95.6 Å². The summed E-state index contributed by atoms with van der Waals surface area (Å²) in [6.07, 6.45) is 0. The molecule has 0 unspecified atom stereocenters. The molecule has 0 spiro atoms. The fraction of sp³-hybridized carbons (Fsp3) is 0.130. The molecule has 34 heavy (non-hydrogen) atoms. The number of nitrogens with one attached hydrogen (secondary N) is 2. The zero-order valence-electron chi connectivity index (χ0n) is 17.9. The van der Waals surface area contributed by atoms with Crippen LogP contribution in [0.5, 0.6) is 0 Å². The molecule has 0 aliphatic carbocycles. The van der Waals surface area contributed by atoms with Crippen LogP contribution in [0, 0.1) is 0 Å². The van der Waals surface area contributed by atoms with Crippen LogP contribution in [0.4, 0.5) is 11.4 Å². The second kappa shape index (κ2) is 11.2. The SMILES string of the molecule is CC(=O)Nc1cccc(NC(=O)CN(Cc2ccc(Cl)cc2Cl)S(=O)(=O)c2ccc(Cl)cc2)c1. The van der Waals surface area contributed by atoms with Crippen molar-refractivity contribution in [3.05, 3.63) is 87.4 Å². The minimum atomic E-state index is -4.09. The molecule has 7 nitrogen and oxygen atoms in total. The number of carbonyl (C=O) groups excluding carboxylic acids is 2. The highest BCUT2D eigenvalue weighted by molar-refractivity contribution is 7.89. The summed E-state index contributed by atoms with van der Waals surface area (Å²) in [5.41, 5.74) is 1.36. The van der Waals surface area contributed by atoms with Crippen LogP contribution in [0.25, 0.3) is 0 Å². The Balaban J connectivity index is 1.88. The van der Waals surface area contributed by atoms with Crippen LogP contribution >= 0.6 is 34.8 Å². The van der Waals surface area contributed by atoms with Crippen LogP contribution in [0.1, 0.15) is 12.5 Å². The van der Waals surface area contributed by atoms with E-state index in [1.165, 1.54) is 37.3 Å². The monoisotopic (exact) mass is 539 g/mol. The van der Waals surface area contributed by atoms with Gasteiger partial charge in [-0.2, -0.15) is 4.31 Å². The Morgan fingerprint density at radius 1 is 0.853 bits per heavy atom. The minimum Gasteiger partial charge on any atom is -0.326 e. The first kappa shape index (κ1) is 26.0. The van der Waals surface area contributed by atoms with Gasteiger partial charge >= 0.3 is 0 Å². The Kier molecular flexibility index (Phi) is 8.57. The van der Waals surface area contributed by atoms with Gasteiger partial charge in [0, 0.05) is 39.9 Å². The summed E-state index contributed by atoms with van der Waals surface area (Å²) in [6.45, 7) is 0.710. The van der Waals surface area contributed by atoms with E-state index in [1.54, 1.807) is 36.4 Å². The van der Waals surface area contributed by atoms with E-state index in [9.17, 15) is 18.0 Å². The first-order valence-corrected chi connectivity index (χ1v) is 12.5. The van der Waals surface area contributed by atoms with Crippen molar-refractivity contribution in [3.8, 4) is 0 Å². The molecule has 0 bridgehead atoms. The van der Waals surface area contributed by atoms with Crippen LogP contribution in [0.3, 0.4) is 0 Å². The zero-order valence-corrected chi connectivity index (χ0v) is 21.0. The molecule has 3 aromatic carbocycles. The highest BCUT2D eigenvalue weighted by Crippen LogP contribution is 2.26. The average Bonchev–Trinajstić information content (AvgIpc) is 2.75. The van der Waals surface area contributed by atoms with Crippen molar-refractivity contribution >= 4 is 68.0 Å². The van der Waals surface area contributed by atoms with Gasteiger partial charge in [0.25, 0.3) is 0 Å². The Labute approximate surface area is 212 Å². The second-order valence-corrected chi connectivity index (χ2v) is 10.5. The van der Waals surface area contributed by atoms with E-state index in [1.807, 2.05) is 0 Å². The predicted molar refractivity (Wildman–Crippen MR) is 135 cm³/mol. The lowest BCUT2D eigenvalue weighted by atomic mass is 10.2. The molecular weight excluding hydrogens is 521 g/mol. The molecule has 0 atom stereocenters. The van der Waals surface area contributed by atoms with Crippen molar-refractivity contribution in [2.75, 3.05) is 17.2 Å². The lowest BCUT2D eigenvalue weighted by Gasteiger charge is -2.22. The first-order chi connectivity index (χ1) is 16.0. The quantitative estimate of drug-likeness (QED) is 0.398. The van der Waals surface area contributed by atoms with Crippen LogP contribution in [-0.2, 0) is 26.2 Å². The summed E-state index contributed by atoms with van der Waals surface area (Å²) in [5.74, 6) is -0.842. The van der Waals surface area contributed by atoms with E-state index in [-0.39, 0.29) is 22.4 Å². The van der Waals surface area contributed by atoms with Gasteiger partial charge < -0.3 is 10.6 Å². The molecule has 3 rings (SSSR count). The van der Waals surface area contributed by atoms with Gasteiger partial charge in [0.1, 0.15) is 0 Å². The van der Waals surface area contributed by atoms with Crippen molar-refractivity contribution in [3.63, 3.8) is 0 Å². The van der Waals surface area contributed by atoms with Crippen LogP contribution in [0.2, 0.25) is 15.1 Å². The van der Waals surface area contributed by atoms with E-state index in [0.717, 1.165) is 4.31 Å². The fourth-order valence-electron chi connectivity index (χ4n) is 3.06. The highest BCUT2D eigenvalue weighted by atomic mass is 35.5. The van der Waals surface area contributed by atoms with Crippen molar-refractivity contribution in [1.29, 1.82) is 0 Å². The summed E-state index contributed by atoms with van der Waals surface area (Å²) >= 11 is 18.1. The van der Waals surface area contributed by atoms with Crippen LogP contribution in [0.15, 0.2) is 71.6 Å². The van der Waals surface area contributed by atoms with Gasteiger partial charge in [-0.3, -0.25) is 9.59 Å². The van der Waals surface area contributed by atoms with Crippen molar-refractivity contribution < 1.29 is 18.0 Å². The molecule has 3 aromatic rings. The Morgan fingerprint density at radius 3 is 2.09 bits per heavy atom. The molecule has 0 radical (unpaired) electrons. The summed E-state index contributed by atoms with van der Waals surface area (Å²) in [6, 6.07) is 16.8. The average molecular weight is 541 g/mol. The number of nitrogens with zero attached hydrogens (tertiary/aromatic N) is 1. The van der Waals surface area contributed by atoms with Gasteiger partial charge in [0.2, 0.25) is 21.8 Å². The Hall–Kier alpha value is -2.62. The molecule has 0 heterocycles. The number of carbonyl (C=O) groups is 2. The maximum Gasteiger partial charge on any atom is 0.243 e. The number of halogens is 3. The molecule has 2 N–H and O–H groups in total. The lowest BCUT2D eigenvalue weighted by molar-refractivity contribution is -0.116. The molecule has 11 heteroatoms. The van der Waals surface area contributed by atoms with Gasteiger partial charge in [-0.15, -0.1) is 0 Å². The number of hydrogen-bond acceptors (Lipinski definition) is 4. The smallest absolute Gasteiger partial charge is 0.243 e.